The molecule has 1 aromatic carbocycles. The van der Waals surface area contributed by atoms with Crippen LogP contribution in [0.5, 0.6) is 0 Å². The smallest absolute Gasteiger partial charge is 0.200 e. The second-order valence-electron chi connectivity index (χ2n) is 6.89. The molecule has 2 aromatic heterocycles. The van der Waals surface area contributed by atoms with E-state index in [2.05, 4.69) is 22.3 Å². The Bertz CT molecular complexity index is 848. The fourth-order valence-electron chi connectivity index (χ4n) is 3.32. The maximum Gasteiger partial charge on any atom is 0.200 e. The zero-order valence-corrected chi connectivity index (χ0v) is 16.5. The van der Waals surface area contributed by atoms with E-state index in [-0.39, 0.29) is 0 Å². The minimum Gasteiger partial charge on any atom is -0.461 e. The number of morpholine rings is 1. The number of aliphatic hydroxyl groups is 1. The Morgan fingerprint density at radius 3 is 2.68 bits per heavy atom. The van der Waals surface area contributed by atoms with Crippen LogP contribution in [0.25, 0.3) is 11.6 Å². The summed E-state index contributed by atoms with van der Waals surface area (Å²) in [4.78, 5) is 1.39. The third-order valence-corrected chi connectivity index (χ3v) is 5.88. The molecule has 0 unspecified atom stereocenters. The highest BCUT2D eigenvalue weighted by Gasteiger charge is 2.21. The van der Waals surface area contributed by atoms with Crippen molar-refractivity contribution in [3.63, 3.8) is 0 Å². The summed E-state index contributed by atoms with van der Waals surface area (Å²) >= 11 is 1.53. The Kier molecular flexibility index (Phi) is 6.43. The van der Waals surface area contributed by atoms with E-state index in [0.29, 0.717) is 23.9 Å². The van der Waals surface area contributed by atoms with Gasteiger partial charge in [0.05, 0.1) is 26.0 Å². The molecule has 4 rings (SSSR count). The SMILES string of the molecule is O[C@@H](CSc1nnc(-c2ccco2)n1Cc1ccccc1)C[NH+]1CCOCC1. The van der Waals surface area contributed by atoms with E-state index in [1.165, 1.54) is 16.7 Å². The number of furan rings is 1. The molecule has 3 aromatic rings. The summed E-state index contributed by atoms with van der Waals surface area (Å²) in [6.07, 6.45) is 1.24. The minimum atomic E-state index is -0.396. The standard InChI is InChI=1S/C20H24N4O3S/c25-17(14-23-8-11-26-12-9-23)15-28-20-22-21-19(18-7-4-10-27-18)24(20)13-16-5-2-1-3-6-16/h1-7,10,17,25H,8-9,11-15H2/p+1/t17-/m1/s1. The zero-order chi connectivity index (χ0) is 19.2. The highest BCUT2D eigenvalue weighted by atomic mass is 32.2. The van der Waals surface area contributed by atoms with Crippen LogP contribution in [0.1, 0.15) is 5.56 Å². The fourth-order valence-corrected chi connectivity index (χ4v) is 4.18. The first kappa shape index (κ1) is 19.2. The van der Waals surface area contributed by atoms with Crippen molar-refractivity contribution in [3.05, 3.63) is 54.3 Å². The van der Waals surface area contributed by atoms with Crippen LogP contribution in [0.3, 0.4) is 0 Å². The summed E-state index contributed by atoms with van der Waals surface area (Å²) in [7, 11) is 0. The quantitative estimate of drug-likeness (QED) is 0.548. The van der Waals surface area contributed by atoms with Crippen LogP contribution in [-0.2, 0) is 11.3 Å². The van der Waals surface area contributed by atoms with E-state index in [1.807, 2.05) is 34.9 Å². The van der Waals surface area contributed by atoms with Crippen LogP contribution in [0.15, 0.2) is 58.3 Å². The third kappa shape index (κ3) is 4.82. The van der Waals surface area contributed by atoms with Crippen molar-refractivity contribution in [2.45, 2.75) is 17.8 Å². The molecule has 0 radical (unpaired) electrons. The maximum atomic E-state index is 10.5. The molecule has 0 aliphatic carbocycles. The van der Waals surface area contributed by atoms with E-state index in [4.69, 9.17) is 9.15 Å². The third-order valence-electron chi connectivity index (χ3n) is 4.77. The topological polar surface area (TPSA) is 77.8 Å². The van der Waals surface area contributed by atoms with Gasteiger partial charge in [0, 0.05) is 5.75 Å². The van der Waals surface area contributed by atoms with Gasteiger partial charge < -0.3 is 19.2 Å². The van der Waals surface area contributed by atoms with E-state index in [1.54, 1.807) is 6.26 Å². The van der Waals surface area contributed by atoms with Crippen LogP contribution >= 0.6 is 11.8 Å². The Balaban J connectivity index is 1.46. The summed E-state index contributed by atoms with van der Waals surface area (Å²) < 4.78 is 13.0. The van der Waals surface area contributed by atoms with Gasteiger partial charge in [-0.25, -0.2) is 0 Å². The first-order chi connectivity index (χ1) is 13.8. The molecule has 0 spiro atoms. The monoisotopic (exact) mass is 401 g/mol. The van der Waals surface area contributed by atoms with Crippen molar-refractivity contribution in [3.8, 4) is 11.6 Å². The maximum absolute atomic E-state index is 10.5. The number of aromatic nitrogens is 3. The molecule has 8 heteroatoms. The normalized spacial score (nSPS) is 16.3. The van der Waals surface area contributed by atoms with E-state index in [9.17, 15) is 5.11 Å². The number of ether oxygens (including phenoxy) is 1. The second kappa shape index (κ2) is 9.38. The number of aliphatic hydroxyl groups excluding tert-OH is 1. The van der Waals surface area contributed by atoms with Gasteiger partial charge in [0.2, 0.25) is 5.82 Å². The van der Waals surface area contributed by atoms with Gasteiger partial charge in [0.1, 0.15) is 25.7 Å². The lowest BCUT2D eigenvalue weighted by Gasteiger charge is -2.25. The summed E-state index contributed by atoms with van der Waals surface area (Å²) in [6, 6.07) is 13.9. The molecule has 1 saturated heterocycles. The molecule has 0 bridgehead atoms. The van der Waals surface area contributed by atoms with Crippen molar-refractivity contribution in [1.29, 1.82) is 0 Å². The number of nitrogens with one attached hydrogen (secondary N) is 1. The molecule has 7 nitrogen and oxygen atoms in total. The largest absolute Gasteiger partial charge is 0.461 e. The lowest BCUT2D eigenvalue weighted by atomic mass is 10.2. The Morgan fingerprint density at radius 2 is 1.93 bits per heavy atom. The van der Waals surface area contributed by atoms with Gasteiger partial charge in [-0.2, -0.15) is 0 Å². The average molecular weight is 402 g/mol. The molecule has 148 valence electrons. The van der Waals surface area contributed by atoms with Gasteiger partial charge in [-0.15, -0.1) is 10.2 Å². The van der Waals surface area contributed by atoms with Gasteiger partial charge in [-0.05, 0) is 17.7 Å². The number of thioether (sulfide) groups is 1. The van der Waals surface area contributed by atoms with Crippen LogP contribution in [0, 0.1) is 0 Å². The molecule has 28 heavy (non-hydrogen) atoms. The average Bonchev–Trinajstić information content (AvgIpc) is 3.38. The van der Waals surface area contributed by atoms with Gasteiger partial charge in [-0.1, -0.05) is 42.1 Å². The molecule has 1 fully saturated rings. The predicted molar refractivity (Wildman–Crippen MR) is 106 cm³/mol. The van der Waals surface area contributed by atoms with Crippen LogP contribution in [-0.4, -0.2) is 64.6 Å². The summed E-state index contributed by atoms with van der Waals surface area (Å²) in [5.41, 5.74) is 1.16. The number of rotatable bonds is 8. The molecule has 1 aliphatic rings. The van der Waals surface area contributed by atoms with Crippen molar-refractivity contribution >= 4 is 11.8 Å². The highest BCUT2D eigenvalue weighted by molar-refractivity contribution is 7.99. The number of hydrogen-bond donors (Lipinski definition) is 2. The van der Waals surface area contributed by atoms with E-state index < -0.39 is 6.10 Å². The lowest BCUT2D eigenvalue weighted by Crippen LogP contribution is -3.15. The summed E-state index contributed by atoms with van der Waals surface area (Å²) in [5, 5.41) is 20.0. The Labute approximate surface area is 168 Å². The Morgan fingerprint density at radius 1 is 1.11 bits per heavy atom. The number of hydrogen-bond acceptors (Lipinski definition) is 6. The molecule has 1 aliphatic heterocycles. The molecule has 2 N–H and O–H groups in total. The number of benzene rings is 1. The van der Waals surface area contributed by atoms with Gasteiger partial charge >= 0.3 is 0 Å². The number of quaternary nitrogens is 1. The second-order valence-corrected chi connectivity index (χ2v) is 7.87. The van der Waals surface area contributed by atoms with Crippen molar-refractivity contribution in [1.82, 2.24) is 14.8 Å². The molecule has 0 saturated carbocycles. The lowest BCUT2D eigenvalue weighted by molar-refractivity contribution is -0.910. The number of nitrogens with zero attached hydrogens (tertiary/aromatic N) is 3. The summed E-state index contributed by atoms with van der Waals surface area (Å²) in [6.45, 7) is 4.83. The molecule has 0 amide bonds. The Hall–Kier alpha value is -2.13. The van der Waals surface area contributed by atoms with E-state index >= 15 is 0 Å². The van der Waals surface area contributed by atoms with E-state index in [0.717, 1.165) is 43.6 Å². The minimum absolute atomic E-state index is 0.396. The molecule has 1 atom stereocenters. The van der Waals surface area contributed by atoms with Crippen molar-refractivity contribution < 1.29 is 19.2 Å². The molecular formula is C20H25N4O3S+. The zero-order valence-electron chi connectivity index (χ0n) is 15.7. The first-order valence-electron chi connectivity index (χ1n) is 9.53. The predicted octanol–water partition coefficient (Wildman–Crippen LogP) is 0.954. The van der Waals surface area contributed by atoms with Crippen molar-refractivity contribution in [2.75, 3.05) is 38.6 Å². The highest BCUT2D eigenvalue weighted by Crippen LogP contribution is 2.25. The van der Waals surface area contributed by atoms with Crippen LogP contribution in [0.4, 0.5) is 0 Å². The first-order valence-corrected chi connectivity index (χ1v) is 10.5. The fraction of sp³-hybridized carbons (Fsp3) is 0.400. The van der Waals surface area contributed by atoms with Gasteiger partial charge in [0.15, 0.2) is 10.9 Å². The van der Waals surface area contributed by atoms with Crippen molar-refractivity contribution in [2.24, 2.45) is 0 Å². The molecule has 3 heterocycles. The van der Waals surface area contributed by atoms with Gasteiger partial charge in [-0.3, -0.25) is 4.57 Å². The summed E-state index contributed by atoms with van der Waals surface area (Å²) in [5.74, 6) is 1.97. The molecular weight excluding hydrogens is 376 g/mol. The van der Waals surface area contributed by atoms with Crippen LogP contribution in [0.2, 0.25) is 0 Å². The van der Waals surface area contributed by atoms with Crippen LogP contribution < -0.4 is 4.90 Å². The van der Waals surface area contributed by atoms with Gasteiger partial charge in [0.25, 0.3) is 0 Å².